The van der Waals surface area contributed by atoms with E-state index in [-0.39, 0.29) is 5.75 Å². The molecule has 20 heavy (non-hydrogen) atoms. The third kappa shape index (κ3) is 6.24. The van der Waals surface area contributed by atoms with E-state index in [2.05, 4.69) is 5.32 Å². The average molecular weight is 297 g/mol. The maximum atomic E-state index is 11.5. The van der Waals surface area contributed by atoms with Crippen molar-refractivity contribution in [1.29, 1.82) is 0 Å². The number of thioether (sulfide) groups is 1. The average Bonchev–Trinajstić information content (AvgIpc) is 2.38. The van der Waals surface area contributed by atoms with Gasteiger partial charge < -0.3 is 15.5 Å². The van der Waals surface area contributed by atoms with E-state index < -0.39 is 30.3 Å². The van der Waals surface area contributed by atoms with Crippen LogP contribution in [0.25, 0.3) is 0 Å². The summed E-state index contributed by atoms with van der Waals surface area (Å²) in [4.78, 5) is 32.8. The second-order valence-corrected chi connectivity index (χ2v) is 5.02. The first-order valence-electron chi connectivity index (χ1n) is 5.84. The lowest BCUT2D eigenvalue weighted by molar-refractivity contribution is -0.147. The summed E-state index contributed by atoms with van der Waals surface area (Å²) in [6, 6.07) is 8.14. The summed E-state index contributed by atoms with van der Waals surface area (Å²) < 4.78 is 0. The maximum absolute atomic E-state index is 11.5. The summed E-state index contributed by atoms with van der Waals surface area (Å²) in [7, 11) is 0. The molecule has 0 aliphatic heterocycles. The van der Waals surface area contributed by atoms with Crippen molar-refractivity contribution in [3.63, 3.8) is 0 Å². The highest BCUT2D eigenvalue weighted by molar-refractivity contribution is 7.99. The molecule has 1 aromatic carbocycles. The minimum Gasteiger partial charge on any atom is -0.481 e. The molecule has 0 spiro atoms. The number of hydrogen-bond acceptors (Lipinski definition) is 4. The molecule has 0 aliphatic carbocycles. The molecule has 0 aromatic heterocycles. The third-order valence-electron chi connectivity index (χ3n) is 2.36. The first kappa shape index (κ1) is 16.0. The van der Waals surface area contributed by atoms with Crippen molar-refractivity contribution in [3.8, 4) is 0 Å². The van der Waals surface area contributed by atoms with Crippen LogP contribution >= 0.6 is 11.8 Å². The first-order valence-corrected chi connectivity index (χ1v) is 7.00. The molecule has 0 heterocycles. The Morgan fingerprint density at radius 2 is 1.80 bits per heavy atom. The maximum Gasteiger partial charge on any atom is 0.326 e. The van der Waals surface area contributed by atoms with Gasteiger partial charge in [-0.3, -0.25) is 9.59 Å². The number of amides is 1. The van der Waals surface area contributed by atoms with E-state index in [4.69, 9.17) is 10.2 Å². The van der Waals surface area contributed by atoms with Gasteiger partial charge in [-0.1, -0.05) is 30.3 Å². The summed E-state index contributed by atoms with van der Waals surface area (Å²) in [5, 5.41) is 19.5. The van der Waals surface area contributed by atoms with E-state index in [1.807, 2.05) is 30.3 Å². The Morgan fingerprint density at radius 3 is 2.35 bits per heavy atom. The number of aliphatic carboxylic acids is 2. The zero-order valence-corrected chi connectivity index (χ0v) is 11.4. The fourth-order valence-electron chi connectivity index (χ4n) is 1.45. The monoisotopic (exact) mass is 297 g/mol. The van der Waals surface area contributed by atoms with Crippen LogP contribution in [-0.2, 0) is 20.1 Å². The molecule has 1 rings (SSSR count). The molecule has 0 radical (unpaired) electrons. The van der Waals surface area contributed by atoms with Gasteiger partial charge in [-0.2, -0.15) is 0 Å². The third-order valence-corrected chi connectivity index (χ3v) is 3.36. The van der Waals surface area contributed by atoms with Crippen LogP contribution in [0.3, 0.4) is 0 Å². The lowest BCUT2D eigenvalue weighted by Crippen LogP contribution is -2.43. The van der Waals surface area contributed by atoms with Crippen LogP contribution in [0.1, 0.15) is 12.0 Å². The minimum atomic E-state index is -1.39. The molecular weight excluding hydrogens is 282 g/mol. The van der Waals surface area contributed by atoms with E-state index in [1.165, 1.54) is 11.8 Å². The summed E-state index contributed by atoms with van der Waals surface area (Å²) >= 11 is 1.33. The molecule has 7 heteroatoms. The van der Waals surface area contributed by atoms with Gasteiger partial charge in [0.1, 0.15) is 6.04 Å². The Kier molecular flexibility index (Phi) is 6.58. The van der Waals surface area contributed by atoms with E-state index in [1.54, 1.807) is 0 Å². The van der Waals surface area contributed by atoms with Crippen molar-refractivity contribution in [2.75, 3.05) is 5.75 Å². The lowest BCUT2D eigenvalue weighted by atomic mass is 10.2. The van der Waals surface area contributed by atoms with Crippen LogP contribution in [0.2, 0.25) is 0 Å². The molecule has 1 amide bonds. The van der Waals surface area contributed by atoms with Gasteiger partial charge in [0.15, 0.2) is 0 Å². The van der Waals surface area contributed by atoms with Gasteiger partial charge in [-0.25, -0.2) is 4.79 Å². The molecule has 0 bridgehead atoms. The quantitative estimate of drug-likeness (QED) is 0.660. The van der Waals surface area contributed by atoms with Gasteiger partial charge >= 0.3 is 11.9 Å². The molecule has 0 saturated heterocycles. The van der Waals surface area contributed by atoms with Crippen molar-refractivity contribution < 1.29 is 24.6 Å². The van der Waals surface area contributed by atoms with E-state index >= 15 is 0 Å². The SMILES string of the molecule is O=C(O)CC(NC(=O)CSCc1ccccc1)C(=O)O. The second kappa shape index (κ2) is 8.21. The molecular formula is C13H15NO5S. The van der Waals surface area contributed by atoms with Crippen molar-refractivity contribution in [2.45, 2.75) is 18.2 Å². The Balaban J connectivity index is 2.35. The number of hydrogen-bond donors (Lipinski definition) is 3. The number of carboxylic acids is 2. The topological polar surface area (TPSA) is 104 Å². The number of carboxylic acid groups (broad SMARTS) is 2. The molecule has 6 nitrogen and oxygen atoms in total. The molecule has 0 saturated carbocycles. The van der Waals surface area contributed by atoms with E-state index in [9.17, 15) is 14.4 Å². The van der Waals surface area contributed by atoms with Crippen molar-refractivity contribution in [1.82, 2.24) is 5.32 Å². The number of rotatable bonds is 8. The fraction of sp³-hybridized carbons (Fsp3) is 0.308. The van der Waals surface area contributed by atoms with Gasteiger partial charge in [0, 0.05) is 5.75 Å². The molecule has 1 atom stereocenters. The summed E-state index contributed by atoms with van der Waals surface area (Å²) in [6.45, 7) is 0. The predicted molar refractivity (Wildman–Crippen MR) is 74.4 cm³/mol. The van der Waals surface area contributed by atoms with Gasteiger partial charge in [-0.15, -0.1) is 11.8 Å². The highest BCUT2D eigenvalue weighted by atomic mass is 32.2. The number of benzene rings is 1. The molecule has 1 unspecified atom stereocenters. The van der Waals surface area contributed by atoms with Gasteiger partial charge in [-0.05, 0) is 5.56 Å². The van der Waals surface area contributed by atoms with E-state index in [0.29, 0.717) is 5.75 Å². The van der Waals surface area contributed by atoms with Crippen LogP contribution in [0.4, 0.5) is 0 Å². The zero-order valence-electron chi connectivity index (χ0n) is 10.6. The van der Waals surface area contributed by atoms with Crippen LogP contribution in [0.15, 0.2) is 30.3 Å². The summed E-state index contributed by atoms with van der Waals surface area (Å²) in [5.41, 5.74) is 1.06. The predicted octanol–water partition coefficient (Wildman–Crippen LogP) is 0.964. The zero-order chi connectivity index (χ0) is 15.0. The first-order chi connectivity index (χ1) is 9.49. The largest absolute Gasteiger partial charge is 0.481 e. The molecule has 0 aliphatic rings. The van der Waals surface area contributed by atoms with Gasteiger partial charge in [0.25, 0.3) is 0 Å². The van der Waals surface area contributed by atoms with Crippen LogP contribution in [-0.4, -0.2) is 39.9 Å². The fourth-order valence-corrected chi connectivity index (χ4v) is 2.25. The van der Waals surface area contributed by atoms with Crippen LogP contribution < -0.4 is 5.32 Å². The van der Waals surface area contributed by atoms with Crippen LogP contribution in [0.5, 0.6) is 0 Å². The van der Waals surface area contributed by atoms with Crippen molar-refractivity contribution in [2.24, 2.45) is 0 Å². The molecule has 0 fully saturated rings. The Labute approximate surface area is 120 Å². The number of carbonyl (C=O) groups excluding carboxylic acids is 1. The minimum absolute atomic E-state index is 0.0816. The summed E-state index contributed by atoms with van der Waals surface area (Å²) in [5.74, 6) is -2.40. The highest BCUT2D eigenvalue weighted by Crippen LogP contribution is 2.11. The van der Waals surface area contributed by atoms with Crippen molar-refractivity contribution in [3.05, 3.63) is 35.9 Å². The van der Waals surface area contributed by atoms with Gasteiger partial charge in [0.05, 0.1) is 12.2 Å². The second-order valence-electron chi connectivity index (χ2n) is 4.03. The van der Waals surface area contributed by atoms with Gasteiger partial charge in [0.2, 0.25) is 5.91 Å². The van der Waals surface area contributed by atoms with Crippen LogP contribution in [0, 0.1) is 0 Å². The Hall–Kier alpha value is -2.02. The molecule has 108 valence electrons. The number of carbonyl (C=O) groups is 3. The Morgan fingerprint density at radius 1 is 1.15 bits per heavy atom. The smallest absolute Gasteiger partial charge is 0.326 e. The standard InChI is InChI=1S/C13H15NO5S/c15-11(14-10(13(18)19)6-12(16)17)8-20-7-9-4-2-1-3-5-9/h1-5,10H,6-8H2,(H,14,15)(H,16,17)(H,18,19). The lowest BCUT2D eigenvalue weighted by Gasteiger charge is -2.12. The number of nitrogens with one attached hydrogen (secondary N) is 1. The summed E-state index contributed by atoms with van der Waals surface area (Å²) in [6.07, 6.45) is -0.634. The molecule has 1 aromatic rings. The van der Waals surface area contributed by atoms with Crippen molar-refractivity contribution >= 4 is 29.6 Å². The Bertz CT molecular complexity index is 477. The normalized spacial score (nSPS) is 11.6. The van der Waals surface area contributed by atoms with E-state index in [0.717, 1.165) is 5.56 Å². The highest BCUT2D eigenvalue weighted by Gasteiger charge is 2.22. The molecule has 3 N–H and O–H groups in total.